The Morgan fingerprint density at radius 1 is 1.24 bits per heavy atom. The van der Waals surface area contributed by atoms with Crippen molar-refractivity contribution < 1.29 is 9.26 Å². The zero-order valence-electron chi connectivity index (χ0n) is 14.1. The van der Waals surface area contributed by atoms with E-state index >= 15 is 0 Å². The summed E-state index contributed by atoms with van der Waals surface area (Å²) in [6.45, 7) is 2.33. The summed E-state index contributed by atoms with van der Waals surface area (Å²) in [4.78, 5) is 4.39. The molecule has 1 aromatic heterocycles. The first-order chi connectivity index (χ1) is 12.3. The van der Waals surface area contributed by atoms with Crippen molar-refractivity contribution >= 4 is 16.7 Å². The number of rotatable bonds is 4. The van der Waals surface area contributed by atoms with Crippen LogP contribution in [0.15, 0.2) is 52.0 Å². The van der Waals surface area contributed by atoms with Gasteiger partial charge in [-0.25, -0.2) is 0 Å². The Balaban J connectivity index is 1.63. The van der Waals surface area contributed by atoms with Gasteiger partial charge in [0.2, 0.25) is 0 Å². The summed E-state index contributed by atoms with van der Waals surface area (Å²) < 4.78 is 11.1. The highest BCUT2D eigenvalue weighted by Gasteiger charge is 2.15. The second-order valence-electron chi connectivity index (χ2n) is 5.91. The topological polar surface area (TPSA) is 71.7 Å². The van der Waals surface area contributed by atoms with E-state index in [4.69, 9.17) is 9.26 Å². The highest BCUT2D eigenvalue weighted by Crippen LogP contribution is 2.36. The maximum absolute atomic E-state index is 5.55. The molecule has 0 bridgehead atoms. The van der Waals surface area contributed by atoms with E-state index in [1.165, 1.54) is 0 Å². The van der Waals surface area contributed by atoms with Crippen LogP contribution in [0.3, 0.4) is 0 Å². The van der Waals surface area contributed by atoms with Gasteiger partial charge in [-0.05, 0) is 23.3 Å². The molecule has 4 rings (SSSR count). The highest BCUT2D eigenvalue weighted by molar-refractivity contribution is 5.98. The minimum Gasteiger partial charge on any atom is -0.496 e. The molecule has 128 valence electrons. The SMILES string of the molecule is COc1ccc2ccccc2c1-c1cc(CNC2=NCCCN2)on1. The Morgan fingerprint density at radius 2 is 2.16 bits per heavy atom. The number of methoxy groups -OCH3 is 1. The van der Waals surface area contributed by atoms with Crippen molar-refractivity contribution in [2.24, 2.45) is 4.99 Å². The van der Waals surface area contributed by atoms with E-state index < -0.39 is 0 Å². The average Bonchev–Trinajstić information content (AvgIpc) is 3.15. The van der Waals surface area contributed by atoms with E-state index in [1.54, 1.807) is 7.11 Å². The monoisotopic (exact) mass is 336 g/mol. The van der Waals surface area contributed by atoms with E-state index in [0.29, 0.717) is 6.54 Å². The molecule has 6 heteroatoms. The molecule has 0 unspecified atom stereocenters. The average molecular weight is 336 g/mol. The van der Waals surface area contributed by atoms with Crippen molar-refractivity contribution in [3.05, 3.63) is 48.2 Å². The first kappa shape index (κ1) is 15.5. The molecule has 0 fully saturated rings. The summed E-state index contributed by atoms with van der Waals surface area (Å²) in [6.07, 6.45) is 1.07. The molecule has 0 amide bonds. The summed E-state index contributed by atoms with van der Waals surface area (Å²) in [5.41, 5.74) is 1.72. The van der Waals surface area contributed by atoms with Gasteiger partial charge in [-0.1, -0.05) is 35.5 Å². The Hall–Kier alpha value is -3.02. The van der Waals surface area contributed by atoms with E-state index in [2.05, 4.69) is 32.9 Å². The number of guanidine groups is 1. The lowest BCUT2D eigenvalue weighted by atomic mass is 10.0. The predicted octanol–water partition coefficient (Wildman–Crippen LogP) is 2.94. The third kappa shape index (κ3) is 3.15. The summed E-state index contributed by atoms with van der Waals surface area (Å²) in [5.74, 6) is 2.34. The molecule has 0 aliphatic carbocycles. The van der Waals surface area contributed by atoms with Crippen molar-refractivity contribution in [1.82, 2.24) is 15.8 Å². The smallest absolute Gasteiger partial charge is 0.191 e. The largest absolute Gasteiger partial charge is 0.496 e. The first-order valence-corrected chi connectivity index (χ1v) is 8.39. The van der Waals surface area contributed by atoms with Crippen molar-refractivity contribution in [2.45, 2.75) is 13.0 Å². The summed E-state index contributed by atoms with van der Waals surface area (Å²) in [5, 5.41) is 13.0. The van der Waals surface area contributed by atoms with Gasteiger partial charge in [-0.15, -0.1) is 0 Å². The van der Waals surface area contributed by atoms with Crippen LogP contribution in [-0.4, -0.2) is 31.3 Å². The highest BCUT2D eigenvalue weighted by atomic mass is 16.5. The van der Waals surface area contributed by atoms with Crippen molar-refractivity contribution in [1.29, 1.82) is 0 Å². The molecule has 6 nitrogen and oxygen atoms in total. The lowest BCUT2D eigenvalue weighted by Crippen LogP contribution is -2.40. The quantitative estimate of drug-likeness (QED) is 0.766. The molecule has 1 aliphatic heterocycles. The lowest BCUT2D eigenvalue weighted by Gasteiger charge is -2.14. The zero-order valence-corrected chi connectivity index (χ0v) is 14.1. The molecule has 0 spiro atoms. The van der Waals surface area contributed by atoms with Gasteiger partial charge in [-0.2, -0.15) is 0 Å². The van der Waals surface area contributed by atoms with Gasteiger partial charge in [0.15, 0.2) is 11.7 Å². The normalized spacial score (nSPS) is 14.0. The molecule has 2 heterocycles. The Kier molecular flexibility index (Phi) is 4.24. The molecule has 1 aliphatic rings. The van der Waals surface area contributed by atoms with Gasteiger partial charge in [0.05, 0.1) is 19.2 Å². The van der Waals surface area contributed by atoms with Gasteiger partial charge < -0.3 is 19.9 Å². The second-order valence-corrected chi connectivity index (χ2v) is 5.91. The number of nitrogens with one attached hydrogen (secondary N) is 2. The molecule has 0 saturated heterocycles. The molecular formula is C19H20N4O2. The van der Waals surface area contributed by atoms with Crippen LogP contribution in [0.4, 0.5) is 0 Å². The van der Waals surface area contributed by atoms with Gasteiger partial charge in [0, 0.05) is 19.2 Å². The predicted molar refractivity (Wildman–Crippen MR) is 97.8 cm³/mol. The molecule has 2 N–H and O–H groups in total. The molecule has 0 atom stereocenters. The maximum atomic E-state index is 5.55. The van der Waals surface area contributed by atoms with E-state index in [0.717, 1.165) is 59.0 Å². The number of aliphatic imine (C=N–C) groups is 1. The van der Waals surface area contributed by atoms with Crippen LogP contribution < -0.4 is 15.4 Å². The van der Waals surface area contributed by atoms with Crippen molar-refractivity contribution in [3.8, 4) is 17.0 Å². The molecule has 25 heavy (non-hydrogen) atoms. The van der Waals surface area contributed by atoms with Crippen LogP contribution in [0.25, 0.3) is 22.0 Å². The summed E-state index contributed by atoms with van der Waals surface area (Å²) in [6, 6.07) is 14.1. The Labute approximate surface area is 145 Å². The molecule has 3 aromatic rings. The maximum Gasteiger partial charge on any atom is 0.191 e. The molecule has 2 aromatic carbocycles. The first-order valence-electron chi connectivity index (χ1n) is 8.39. The fourth-order valence-electron chi connectivity index (χ4n) is 3.02. The van der Waals surface area contributed by atoms with Gasteiger partial charge >= 0.3 is 0 Å². The minimum absolute atomic E-state index is 0.534. The standard InChI is InChI=1S/C19H20N4O2/c1-24-17-8-7-13-5-2-3-6-15(13)18(17)16-11-14(25-23-16)12-22-19-20-9-4-10-21-19/h2-3,5-8,11H,4,9-10,12H2,1H3,(H2,20,21,22). The lowest BCUT2D eigenvalue weighted by molar-refractivity contribution is 0.380. The number of aromatic nitrogens is 1. The van der Waals surface area contributed by atoms with Crippen LogP contribution >= 0.6 is 0 Å². The third-order valence-corrected chi connectivity index (χ3v) is 4.25. The number of hydrogen-bond acceptors (Lipinski definition) is 6. The van der Waals surface area contributed by atoms with Crippen LogP contribution in [0.1, 0.15) is 12.2 Å². The Bertz CT molecular complexity index is 917. The van der Waals surface area contributed by atoms with E-state index in [1.807, 2.05) is 30.3 Å². The number of nitrogens with zero attached hydrogens (tertiary/aromatic N) is 2. The summed E-state index contributed by atoms with van der Waals surface area (Å²) >= 11 is 0. The zero-order chi connectivity index (χ0) is 17.1. The number of ether oxygens (including phenoxy) is 1. The van der Waals surface area contributed by atoms with Crippen LogP contribution in [0, 0.1) is 0 Å². The second kappa shape index (κ2) is 6.84. The molecule has 0 radical (unpaired) electrons. The number of fused-ring (bicyclic) bond motifs is 1. The number of hydrogen-bond donors (Lipinski definition) is 2. The number of benzene rings is 2. The van der Waals surface area contributed by atoms with Crippen molar-refractivity contribution in [2.75, 3.05) is 20.2 Å². The molecular weight excluding hydrogens is 316 g/mol. The van der Waals surface area contributed by atoms with E-state index in [9.17, 15) is 0 Å². The minimum atomic E-state index is 0.534. The van der Waals surface area contributed by atoms with Crippen LogP contribution in [0.5, 0.6) is 5.75 Å². The van der Waals surface area contributed by atoms with Gasteiger partial charge in [0.1, 0.15) is 11.4 Å². The van der Waals surface area contributed by atoms with E-state index in [-0.39, 0.29) is 0 Å². The Morgan fingerprint density at radius 3 is 3.00 bits per heavy atom. The fraction of sp³-hybridized carbons (Fsp3) is 0.263. The van der Waals surface area contributed by atoms with Crippen LogP contribution in [0.2, 0.25) is 0 Å². The van der Waals surface area contributed by atoms with Crippen molar-refractivity contribution in [3.63, 3.8) is 0 Å². The van der Waals surface area contributed by atoms with Gasteiger partial charge in [-0.3, -0.25) is 4.99 Å². The summed E-state index contributed by atoms with van der Waals surface area (Å²) in [7, 11) is 1.67. The van der Waals surface area contributed by atoms with Gasteiger partial charge in [0.25, 0.3) is 0 Å². The molecule has 0 saturated carbocycles. The third-order valence-electron chi connectivity index (χ3n) is 4.25. The van der Waals surface area contributed by atoms with Crippen LogP contribution in [-0.2, 0) is 6.54 Å². The fourth-order valence-corrected chi connectivity index (χ4v) is 3.02.